The van der Waals surface area contributed by atoms with Crippen molar-refractivity contribution in [1.29, 1.82) is 0 Å². The van der Waals surface area contributed by atoms with Gasteiger partial charge in [0, 0.05) is 53.8 Å². The van der Waals surface area contributed by atoms with Crippen LogP contribution in [0.3, 0.4) is 0 Å². The number of nitrogens with zero attached hydrogens (tertiary/aromatic N) is 2. The van der Waals surface area contributed by atoms with Crippen LogP contribution in [0.15, 0.2) is 75.4 Å². The van der Waals surface area contributed by atoms with E-state index in [9.17, 15) is 17.6 Å². The molecule has 4 rings (SSSR count). The molecule has 6 nitrogen and oxygen atoms in total. The van der Waals surface area contributed by atoms with Crippen molar-refractivity contribution >= 4 is 45.1 Å². The van der Waals surface area contributed by atoms with Crippen molar-refractivity contribution in [1.82, 2.24) is 9.21 Å². The number of nitrogens with one attached hydrogen (secondary N) is 1. The molecule has 2 amide bonds. The summed E-state index contributed by atoms with van der Waals surface area (Å²) in [5.74, 6) is -0.488. The molecule has 11 heteroatoms. The molecule has 0 spiro atoms. The number of piperidine rings is 1. The molecule has 1 N–H and O–H groups in total. The van der Waals surface area contributed by atoms with E-state index in [2.05, 4.69) is 5.32 Å². The fourth-order valence-electron chi connectivity index (χ4n) is 4.74. The molecule has 0 saturated carbocycles. The van der Waals surface area contributed by atoms with Crippen molar-refractivity contribution in [3.05, 3.63) is 82.6 Å². The average molecular weight is 608 g/mol. The average Bonchev–Trinajstić information content (AvgIpc) is 2.91. The first-order chi connectivity index (χ1) is 18.9. The predicted molar refractivity (Wildman–Crippen MR) is 156 cm³/mol. The standard InChI is InChI=1S/C29H32ClF2N3O3S2/c1-4-35(5-2)40(37,38)25-10-11-27(39-24-8-6-22(30)7-9-24)26(19-25)33-28(36)34-14-12-29(32,13-15-34)21-16-20(3)17-23(31)18-21/h6-11,16-19H,4-5,12-15H2,1-3H3,(H,33,36). The fourth-order valence-corrected chi connectivity index (χ4v) is 7.23. The Labute approximate surface area is 243 Å². The van der Waals surface area contributed by atoms with E-state index in [0.29, 0.717) is 34.3 Å². The molecule has 214 valence electrons. The SMILES string of the molecule is CCN(CC)S(=O)(=O)c1ccc(Sc2ccc(Cl)cc2)c(NC(=O)N2CCC(F)(c3cc(C)cc(F)c3)CC2)c1. The third-order valence-electron chi connectivity index (χ3n) is 6.98. The van der Waals surface area contributed by atoms with E-state index in [4.69, 9.17) is 11.6 Å². The number of carbonyl (C=O) groups excluding carboxylic acids is 1. The molecule has 1 heterocycles. The summed E-state index contributed by atoms with van der Waals surface area (Å²) in [6.45, 7) is 6.11. The van der Waals surface area contributed by atoms with Crippen LogP contribution in [-0.4, -0.2) is 49.8 Å². The Balaban J connectivity index is 1.57. The van der Waals surface area contributed by atoms with Gasteiger partial charge in [0.2, 0.25) is 10.0 Å². The topological polar surface area (TPSA) is 69.7 Å². The van der Waals surface area contributed by atoms with E-state index in [-0.39, 0.29) is 36.4 Å². The van der Waals surface area contributed by atoms with Gasteiger partial charge in [0.25, 0.3) is 0 Å². The summed E-state index contributed by atoms with van der Waals surface area (Å²) >= 11 is 7.37. The number of carbonyl (C=O) groups is 1. The molecule has 1 aliphatic heterocycles. The van der Waals surface area contributed by atoms with Crippen molar-refractivity contribution in [3.8, 4) is 0 Å². The van der Waals surface area contributed by atoms with Gasteiger partial charge in [-0.3, -0.25) is 0 Å². The summed E-state index contributed by atoms with van der Waals surface area (Å²) < 4.78 is 57.5. The highest BCUT2D eigenvalue weighted by Gasteiger charge is 2.38. The normalized spacial score (nSPS) is 15.3. The Morgan fingerprint density at radius 3 is 2.30 bits per heavy atom. The number of urea groups is 1. The molecular formula is C29H32ClF2N3O3S2. The molecule has 40 heavy (non-hydrogen) atoms. The van der Waals surface area contributed by atoms with Crippen LogP contribution in [0.4, 0.5) is 19.3 Å². The van der Waals surface area contributed by atoms with Crippen LogP contribution in [0.25, 0.3) is 0 Å². The van der Waals surface area contributed by atoms with E-state index in [0.717, 1.165) is 4.90 Å². The van der Waals surface area contributed by atoms with Crippen LogP contribution in [0, 0.1) is 12.7 Å². The minimum atomic E-state index is -3.77. The summed E-state index contributed by atoms with van der Waals surface area (Å²) in [5.41, 5.74) is -0.494. The minimum absolute atomic E-state index is 0.0199. The molecule has 0 unspecified atom stereocenters. The fraction of sp³-hybridized carbons (Fsp3) is 0.345. The van der Waals surface area contributed by atoms with Crippen LogP contribution in [-0.2, 0) is 15.7 Å². The van der Waals surface area contributed by atoms with Gasteiger partial charge in [-0.05, 0) is 72.6 Å². The molecule has 3 aromatic carbocycles. The van der Waals surface area contributed by atoms with Crippen LogP contribution < -0.4 is 5.32 Å². The zero-order chi connectivity index (χ0) is 29.1. The number of likely N-dealkylation sites (tertiary alicyclic amines) is 1. The molecule has 0 radical (unpaired) electrons. The number of halogens is 3. The van der Waals surface area contributed by atoms with Gasteiger partial charge in [0.15, 0.2) is 0 Å². The highest BCUT2D eigenvalue weighted by atomic mass is 35.5. The van der Waals surface area contributed by atoms with E-state index in [1.54, 1.807) is 45.0 Å². The monoisotopic (exact) mass is 607 g/mol. The third kappa shape index (κ3) is 6.79. The second-order valence-corrected chi connectivity index (χ2v) is 13.2. The van der Waals surface area contributed by atoms with Crippen molar-refractivity contribution in [2.45, 2.75) is 54.0 Å². The van der Waals surface area contributed by atoms with Crippen LogP contribution >= 0.6 is 23.4 Å². The van der Waals surface area contributed by atoms with Gasteiger partial charge in [-0.25, -0.2) is 22.0 Å². The van der Waals surface area contributed by atoms with Crippen LogP contribution in [0.2, 0.25) is 5.02 Å². The molecule has 1 saturated heterocycles. The molecule has 3 aromatic rings. The number of hydrogen-bond acceptors (Lipinski definition) is 4. The lowest BCUT2D eigenvalue weighted by Crippen LogP contribution is -2.45. The Hall–Kier alpha value is -2.66. The zero-order valence-electron chi connectivity index (χ0n) is 22.6. The van der Waals surface area contributed by atoms with Gasteiger partial charge in [0.05, 0.1) is 10.6 Å². The lowest BCUT2D eigenvalue weighted by atomic mass is 9.85. The minimum Gasteiger partial charge on any atom is -0.324 e. The lowest BCUT2D eigenvalue weighted by Gasteiger charge is -2.37. The van der Waals surface area contributed by atoms with E-state index >= 15 is 4.39 Å². The Bertz CT molecular complexity index is 1450. The summed E-state index contributed by atoms with van der Waals surface area (Å²) in [6.07, 6.45) is 0.0398. The predicted octanol–water partition coefficient (Wildman–Crippen LogP) is 7.46. The van der Waals surface area contributed by atoms with Gasteiger partial charge in [0.1, 0.15) is 11.5 Å². The molecule has 0 atom stereocenters. The number of aryl methyl sites for hydroxylation is 1. The van der Waals surface area contributed by atoms with E-state index in [1.165, 1.54) is 45.2 Å². The molecule has 0 aromatic heterocycles. The second-order valence-electron chi connectivity index (χ2n) is 9.70. The first-order valence-electron chi connectivity index (χ1n) is 13.1. The Kier molecular flexibility index (Phi) is 9.44. The van der Waals surface area contributed by atoms with Gasteiger partial charge in [-0.15, -0.1) is 0 Å². The highest BCUT2D eigenvalue weighted by molar-refractivity contribution is 7.99. The number of sulfonamides is 1. The van der Waals surface area contributed by atoms with E-state index in [1.807, 2.05) is 12.1 Å². The smallest absolute Gasteiger partial charge is 0.321 e. The summed E-state index contributed by atoms with van der Waals surface area (Å²) in [7, 11) is -3.77. The van der Waals surface area contributed by atoms with Crippen molar-refractivity contribution < 1.29 is 22.0 Å². The maximum Gasteiger partial charge on any atom is 0.321 e. The van der Waals surface area contributed by atoms with Gasteiger partial charge >= 0.3 is 6.03 Å². The Morgan fingerprint density at radius 2 is 1.70 bits per heavy atom. The van der Waals surface area contributed by atoms with Gasteiger partial charge < -0.3 is 10.2 Å². The maximum atomic E-state index is 15.8. The summed E-state index contributed by atoms with van der Waals surface area (Å²) in [4.78, 5) is 16.4. The number of rotatable bonds is 8. The number of amides is 2. The lowest BCUT2D eigenvalue weighted by molar-refractivity contribution is 0.0718. The largest absolute Gasteiger partial charge is 0.324 e. The molecular weight excluding hydrogens is 576 g/mol. The van der Waals surface area contributed by atoms with Crippen molar-refractivity contribution in [3.63, 3.8) is 0 Å². The summed E-state index contributed by atoms with van der Waals surface area (Å²) in [6, 6.07) is 15.6. The number of alkyl halides is 1. The molecule has 0 bridgehead atoms. The second kappa shape index (κ2) is 12.5. The number of hydrogen-bond donors (Lipinski definition) is 1. The van der Waals surface area contributed by atoms with Crippen molar-refractivity contribution in [2.24, 2.45) is 0 Å². The highest BCUT2D eigenvalue weighted by Crippen LogP contribution is 2.39. The van der Waals surface area contributed by atoms with Crippen LogP contribution in [0.1, 0.15) is 37.8 Å². The summed E-state index contributed by atoms with van der Waals surface area (Å²) in [5, 5.41) is 3.44. The third-order valence-corrected chi connectivity index (χ3v) is 10.4. The first-order valence-corrected chi connectivity index (χ1v) is 15.7. The Morgan fingerprint density at radius 1 is 1.05 bits per heavy atom. The first kappa shape index (κ1) is 30.3. The quantitative estimate of drug-likeness (QED) is 0.289. The number of benzene rings is 3. The number of anilines is 1. The van der Waals surface area contributed by atoms with E-state index < -0.39 is 27.5 Å². The van der Waals surface area contributed by atoms with Crippen LogP contribution in [0.5, 0.6) is 0 Å². The zero-order valence-corrected chi connectivity index (χ0v) is 25.0. The van der Waals surface area contributed by atoms with Gasteiger partial charge in [-0.1, -0.05) is 43.3 Å². The maximum absolute atomic E-state index is 15.8. The van der Waals surface area contributed by atoms with Crippen molar-refractivity contribution in [2.75, 3.05) is 31.5 Å². The molecule has 1 fully saturated rings. The van der Waals surface area contributed by atoms with Gasteiger partial charge in [-0.2, -0.15) is 4.31 Å². The molecule has 1 aliphatic rings. The molecule has 0 aliphatic carbocycles.